The molecule has 0 aliphatic heterocycles. The molecule has 3 N–H and O–H groups in total. The van der Waals surface area contributed by atoms with E-state index in [1.807, 2.05) is 6.20 Å². The molecule has 2 aromatic rings. The highest BCUT2D eigenvalue weighted by atomic mass is 35.5. The Labute approximate surface area is 129 Å². The number of amides is 1. The third-order valence-corrected chi connectivity index (χ3v) is 3.44. The maximum Gasteiger partial charge on any atom is 0.224 e. The largest absolute Gasteiger partial charge is 0.397 e. The summed E-state index contributed by atoms with van der Waals surface area (Å²) in [6.45, 7) is 2.85. The fraction of sp³-hybridized carbons (Fsp3) is 0.333. The predicted octanol–water partition coefficient (Wildman–Crippen LogP) is 3.10. The second-order valence-electron chi connectivity index (χ2n) is 4.77. The Bertz CT molecular complexity index is 624. The monoisotopic (exact) mass is 306 g/mol. The van der Waals surface area contributed by atoms with Gasteiger partial charge in [-0.25, -0.2) is 4.98 Å². The van der Waals surface area contributed by atoms with Crippen LogP contribution in [0.25, 0.3) is 0 Å². The summed E-state index contributed by atoms with van der Waals surface area (Å²) in [6.07, 6.45) is 5.80. The number of aryl methyl sites for hydroxylation is 2. The van der Waals surface area contributed by atoms with Gasteiger partial charge in [0.1, 0.15) is 5.82 Å². The van der Waals surface area contributed by atoms with Crippen molar-refractivity contribution in [3.05, 3.63) is 41.4 Å². The van der Waals surface area contributed by atoms with Gasteiger partial charge in [-0.2, -0.15) is 0 Å². The summed E-state index contributed by atoms with van der Waals surface area (Å²) in [5, 5.41) is 3.35. The summed E-state index contributed by atoms with van der Waals surface area (Å²) >= 11 is 5.82. The molecule has 0 aliphatic carbocycles. The number of anilines is 2. The van der Waals surface area contributed by atoms with E-state index < -0.39 is 0 Å². The van der Waals surface area contributed by atoms with Crippen LogP contribution < -0.4 is 11.1 Å². The summed E-state index contributed by atoms with van der Waals surface area (Å²) in [6, 6.07) is 5.03. The fourth-order valence-electron chi connectivity index (χ4n) is 2.13. The van der Waals surface area contributed by atoms with Gasteiger partial charge in [-0.05, 0) is 24.6 Å². The molecule has 5 nitrogen and oxygen atoms in total. The summed E-state index contributed by atoms with van der Waals surface area (Å²) in [5.74, 6) is 0.986. The van der Waals surface area contributed by atoms with Crippen LogP contribution in [-0.4, -0.2) is 15.5 Å². The molecule has 0 unspecified atom stereocenters. The van der Waals surface area contributed by atoms with Crippen LogP contribution in [0.5, 0.6) is 0 Å². The van der Waals surface area contributed by atoms with Gasteiger partial charge in [0.15, 0.2) is 0 Å². The molecule has 0 saturated heterocycles. The van der Waals surface area contributed by atoms with Gasteiger partial charge in [-0.15, -0.1) is 0 Å². The lowest BCUT2D eigenvalue weighted by Crippen LogP contribution is -2.14. The molecule has 0 atom stereocenters. The number of benzene rings is 1. The van der Waals surface area contributed by atoms with Gasteiger partial charge in [0, 0.05) is 36.8 Å². The Morgan fingerprint density at radius 1 is 1.48 bits per heavy atom. The van der Waals surface area contributed by atoms with E-state index in [0.717, 1.165) is 25.2 Å². The van der Waals surface area contributed by atoms with Crippen molar-refractivity contribution in [1.82, 2.24) is 9.55 Å². The molecule has 0 fully saturated rings. The van der Waals surface area contributed by atoms with Crippen molar-refractivity contribution in [2.24, 2.45) is 0 Å². The minimum absolute atomic E-state index is 0.0535. The molecule has 2 rings (SSSR count). The van der Waals surface area contributed by atoms with Crippen LogP contribution in [0.15, 0.2) is 30.6 Å². The predicted molar refractivity (Wildman–Crippen MR) is 85.3 cm³/mol. The minimum Gasteiger partial charge on any atom is -0.397 e. The van der Waals surface area contributed by atoms with Gasteiger partial charge in [-0.3, -0.25) is 4.79 Å². The molecule has 1 aromatic heterocycles. The quantitative estimate of drug-likeness (QED) is 0.805. The summed E-state index contributed by atoms with van der Waals surface area (Å²) in [5.41, 5.74) is 6.87. The Morgan fingerprint density at radius 2 is 2.29 bits per heavy atom. The maximum atomic E-state index is 11.9. The maximum absolute atomic E-state index is 11.9. The number of rotatable bonds is 6. The Balaban J connectivity index is 1.82. The van der Waals surface area contributed by atoms with Crippen LogP contribution in [0, 0.1) is 0 Å². The number of nitrogens with two attached hydrogens (primary N) is 1. The topological polar surface area (TPSA) is 72.9 Å². The molecule has 21 heavy (non-hydrogen) atoms. The van der Waals surface area contributed by atoms with E-state index in [1.165, 1.54) is 0 Å². The highest BCUT2D eigenvalue weighted by Crippen LogP contribution is 2.22. The highest BCUT2D eigenvalue weighted by Gasteiger charge is 2.06. The van der Waals surface area contributed by atoms with Crippen LogP contribution in [0.3, 0.4) is 0 Å². The average molecular weight is 307 g/mol. The van der Waals surface area contributed by atoms with Crippen molar-refractivity contribution in [1.29, 1.82) is 0 Å². The van der Waals surface area contributed by atoms with Crippen molar-refractivity contribution in [2.45, 2.75) is 32.7 Å². The second-order valence-corrected chi connectivity index (χ2v) is 5.21. The Morgan fingerprint density at radius 3 is 3.00 bits per heavy atom. The van der Waals surface area contributed by atoms with Gasteiger partial charge in [0.2, 0.25) is 5.91 Å². The van der Waals surface area contributed by atoms with Crippen LogP contribution >= 0.6 is 11.6 Å². The normalized spacial score (nSPS) is 10.6. The van der Waals surface area contributed by atoms with Crippen molar-refractivity contribution < 1.29 is 4.79 Å². The third-order valence-electron chi connectivity index (χ3n) is 3.21. The zero-order valence-electron chi connectivity index (χ0n) is 12.0. The van der Waals surface area contributed by atoms with Gasteiger partial charge in [-0.1, -0.05) is 18.5 Å². The van der Waals surface area contributed by atoms with E-state index in [0.29, 0.717) is 22.8 Å². The van der Waals surface area contributed by atoms with Crippen molar-refractivity contribution in [3.8, 4) is 0 Å². The second kappa shape index (κ2) is 7.13. The lowest BCUT2D eigenvalue weighted by atomic mass is 10.2. The first kappa shape index (κ1) is 15.4. The smallest absolute Gasteiger partial charge is 0.224 e. The molecule has 112 valence electrons. The van der Waals surface area contributed by atoms with E-state index >= 15 is 0 Å². The zero-order chi connectivity index (χ0) is 15.2. The first-order valence-corrected chi connectivity index (χ1v) is 7.33. The van der Waals surface area contributed by atoms with Crippen LogP contribution in [-0.2, 0) is 17.8 Å². The molecular weight excluding hydrogens is 288 g/mol. The van der Waals surface area contributed by atoms with Crippen LogP contribution in [0.2, 0.25) is 5.02 Å². The molecular formula is C15H19ClN4O. The lowest BCUT2D eigenvalue weighted by molar-refractivity contribution is -0.116. The highest BCUT2D eigenvalue weighted by molar-refractivity contribution is 6.31. The first-order valence-electron chi connectivity index (χ1n) is 6.95. The van der Waals surface area contributed by atoms with Gasteiger partial charge >= 0.3 is 0 Å². The lowest BCUT2D eigenvalue weighted by Gasteiger charge is -2.09. The molecule has 6 heteroatoms. The van der Waals surface area contributed by atoms with E-state index in [1.54, 1.807) is 24.4 Å². The van der Waals surface area contributed by atoms with E-state index in [-0.39, 0.29) is 5.91 Å². The molecule has 1 aromatic carbocycles. The molecule has 0 radical (unpaired) electrons. The number of halogens is 1. The molecule has 0 bridgehead atoms. The number of nitrogens with zero attached hydrogens (tertiary/aromatic N) is 2. The number of nitrogen functional groups attached to an aromatic ring is 1. The van der Waals surface area contributed by atoms with Gasteiger partial charge in [0.25, 0.3) is 0 Å². The number of hydrogen-bond acceptors (Lipinski definition) is 3. The van der Waals surface area contributed by atoms with Crippen molar-refractivity contribution in [3.63, 3.8) is 0 Å². The molecule has 1 amide bonds. The minimum atomic E-state index is -0.0535. The number of nitrogens with one attached hydrogen (secondary N) is 1. The molecule has 0 saturated carbocycles. The average Bonchev–Trinajstić information content (AvgIpc) is 2.89. The Hall–Kier alpha value is -2.01. The van der Waals surface area contributed by atoms with Crippen LogP contribution in [0.4, 0.5) is 11.4 Å². The SMILES string of the molecule is CCc1nccn1CCCC(=O)Nc1ccc(Cl)cc1N. The number of carbonyl (C=O) groups excluding carboxylic acids is 1. The summed E-state index contributed by atoms with van der Waals surface area (Å²) in [7, 11) is 0. The molecule has 0 aliphatic rings. The van der Waals surface area contributed by atoms with Crippen molar-refractivity contribution in [2.75, 3.05) is 11.1 Å². The number of hydrogen-bond donors (Lipinski definition) is 2. The Kier molecular flexibility index (Phi) is 5.22. The number of aromatic nitrogens is 2. The van der Waals surface area contributed by atoms with E-state index in [2.05, 4.69) is 21.8 Å². The van der Waals surface area contributed by atoms with Crippen molar-refractivity contribution >= 4 is 28.9 Å². The number of carbonyl (C=O) groups is 1. The fourth-order valence-corrected chi connectivity index (χ4v) is 2.31. The summed E-state index contributed by atoms with van der Waals surface area (Å²) < 4.78 is 2.07. The van der Waals surface area contributed by atoms with Gasteiger partial charge in [0.05, 0.1) is 11.4 Å². The molecule has 0 spiro atoms. The van der Waals surface area contributed by atoms with E-state index in [9.17, 15) is 4.79 Å². The van der Waals surface area contributed by atoms with E-state index in [4.69, 9.17) is 17.3 Å². The standard InChI is InChI=1S/C15H19ClN4O/c1-2-14-18-7-9-20(14)8-3-4-15(21)19-13-6-5-11(16)10-12(13)17/h5-7,9-10H,2-4,8,17H2,1H3,(H,19,21). The van der Waals surface area contributed by atoms with Crippen LogP contribution in [0.1, 0.15) is 25.6 Å². The first-order chi connectivity index (χ1) is 10.1. The van der Waals surface area contributed by atoms with Gasteiger partial charge < -0.3 is 15.6 Å². The third kappa shape index (κ3) is 4.23. The molecule has 1 heterocycles. The number of imidazole rings is 1. The zero-order valence-corrected chi connectivity index (χ0v) is 12.7. The summed E-state index contributed by atoms with van der Waals surface area (Å²) in [4.78, 5) is 16.2.